The van der Waals surface area contributed by atoms with Crippen LogP contribution in [-0.4, -0.2) is 96.3 Å². The van der Waals surface area contributed by atoms with Crippen molar-refractivity contribution in [3.05, 3.63) is 23.7 Å². The van der Waals surface area contributed by atoms with Gasteiger partial charge in [-0.2, -0.15) is 0 Å². The highest BCUT2D eigenvalue weighted by Crippen LogP contribution is 2.49. The second-order valence-corrected chi connectivity index (χ2v) is 8.49. The van der Waals surface area contributed by atoms with Crippen molar-refractivity contribution in [1.82, 2.24) is 0 Å². The molecular weight excluding hydrogens is 444 g/mol. The SMILES string of the molecule is COC(=O)C1=COC2CC1CC1C(C(=O)OC)=COC(OC3OC(CO)C(O)C(O)C3O)C21. The smallest absolute Gasteiger partial charge is 0.337 e. The zero-order chi connectivity index (χ0) is 23.9. The van der Waals surface area contributed by atoms with Gasteiger partial charge < -0.3 is 48.8 Å². The molecule has 0 radical (unpaired) electrons. The van der Waals surface area contributed by atoms with E-state index < -0.39 is 73.5 Å². The monoisotopic (exact) mass is 472 g/mol. The van der Waals surface area contributed by atoms with E-state index in [2.05, 4.69) is 0 Å². The fourth-order valence-electron chi connectivity index (χ4n) is 5.02. The first-order chi connectivity index (χ1) is 15.8. The number of carbonyl (C=O) groups excluding carboxylic acids is 2. The first kappa shape index (κ1) is 23.9. The summed E-state index contributed by atoms with van der Waals surface area (Å²) in [5.41, 5.74) is 0.620. The third-order valence-electron chi connectivity index (χ3n) is 6.76. The number of aliphatic hydroxyl groups excluding tert-OH is 4. The quantitative estimate of drug-likeness (QED) is 0.335. The predicted octanol–water partition coefficient (Wildman–Crippen LogP) is -1.69. The third-order valence-corrected chi connectivity index (χ3v) is 6.76. The van der Waals surface area contributed by atoms with E-state index in [0.717, 1.165) is 0 Å². The molecule has 0 amide bonds. The summed E-state index contributed by atoms with van der Waals surface area (Å²) in [6, 6.07) is 0. The fraction of sp³-hybridized carbons (Fsp3) is 0.714. The van der Waals surface area contributed by atoms with Crippen molar-refractivity contribution >= 4 is 11.9 Å². The molecule has 184 valence electrons. The highest BCUT2D eigenvalue weighted by atomic mass is 16.8. The van der Waals surface area contributed by atoms with Crippen LogP contribution in [0.2, 0.25) is 0 Å². The van der Waals surface area contributed by atoms with Gasteiger partial charge in [-0.25, -0.2) is 9.59 Å². The minimum atomic E-state index is -1.62. The third kappa shape index (κ3) is 4.22. The van der Waals surface area contributed by atoms with Gasteiger partial charge in [0.25, 0.3) is 0 Å². The Morgan fingerprint density at radius 3 is 2.27 bits per heavy atom. The lowest BCUT2D eigenvalue weighted by molar-refractivity contribution is -0.347. The van der Waals surface area contributed by atoms with Crippen LogP contribution in [0.5, 0.6) is 0 Å². The van der Waals surface area contributed by atoms with Crippen LogP contribution in [0.4, 0.5) is 0 Å². The minimum absolute atomic E-state index is 0.225. The summed E-state index contributed by atoms with van der Waals surface area (Å²) < 4.78 is 32.5. The lowest BCUT2D eigenvalue weighted by Crippen LogP contribution is -2.61. The number of hydrogen-bond acceptors (Lipinski definition) is 12. The van der Waals surface area contributed by atoms with Gasteiger partial charge in [0.15, 0.2) is 6.29 Å². The molecule has 10 atom stereocenters. The van der Waals surface area contributed by atoms with Crippen molar-refractivity contribution in [3.63, 3.8) is 0 Å². The second-order valence-electron chi connectivity index (χ2n) is 8.49. The van der Waals surface area contributed by atoms with Crippen LogP contribution in [-0.2, 0) is 38.0 Å². The molecule has 4 aliphatic rings. The summed E-state index contributed by atoms with van der Waals surface area (Å²) in [5.74, 6) is -2.36. The molecule has 0 aromatic carbocycles. The first-order valence-electron chi connectivity index (χ1n) is 10.6. The largest absolute Gasteiger partial charge is 0.497 e. The summed E-state index contributed by atoms with van der Waals surface area (Å²) in [6.45, 7) is -0.608. The molecule has 3 heterocycles. The predicted molar refractivity (Wildman–Crippen MR) is 105 cm³/mol. The van der Waals surface area contributed by atoms with E-state index in [1.807, 2.05) is 0 Å². The van der Waals surface area contributed by atoms with E-state index >= 15 is 0 Å². The van der Waals surface area contributed by atoms with Gasteiger partial charge in [-0.3, -0.25) is 0 Å². The highest BCUT2D eigenvalue weighted by molar-refractivity contribution is 5.90. The molecule has 0 spiro atoms. The maximum absolute atomic E-state index is 12.4. The number of esters is 2. The molecule has 33 heavy (non-hydrogen) atoms. The van der Waals surface area contributed by atoms with Crippen LogP contribution < -0.4 is 0 Å². The van der Waals surface area contributed by atoms with Crippen LogP contribution in [0, 0.1) is 17.8 Å². The van der Waals surface area contributed by atoms with Gasteiger partial charge in [-0.15, -0.1) is 0 Å². The summed E-state index contributed by atoms with van der Waals surface area (Å²) in [5, 5.41) is 39.8. The van der Waals surface area contributed by atoms with E-state index in [0.29, 0.717) is 18.4 Å². The highest BCUT2D eigenvalue weighted by Gasteiger charge is 2.54. The molecule has 1 saturated carbocycles. The Morgan fingerprint density at radius 2 is 1.61 bits per heavy atom. The Balaban J connectivity index is 1.61. The van der Waals surface area contributed by atoms with Crippen molar-refractivity contribution in [2.75, 3.05) is 20.8 Å². The van der Waals surface area contributed by atoms with Crippen molar-refractivity contribution in [2.24, 2.45) is 17.8 Å². The van der Waals surface area contributed by atoms with E-state index in [4.69, 9.17) is 28.4 Å². The summed E-state index contributed by atoms with van der Waals surface area (Å²) in [7, 11) is 2.52. The molecule has 1 aliphatic carbocycles. The molecule has 12 nitrogen and oxygen atoms in total. The Kier molecular flexibility index (Phi) is 6.93. The molecule has 1 saturated heterocycles. The Bertz CT molecular complexity index is 822. The van der Waals surface area contributed by atoms with Gasteiger partial charge in [0.2, 0.25) is 6.29 Å². The van der Waals surface area contributed by atoms with E-state index in [1.165, 1.54) is 26.7 Å². The number of ether oxygens (including phenoxy) is 6. The van der Waals surface area contributed by atoms with Crippen molar-refractivity contribution in [1.29, 1.82) is 0 Å². The van der Waals surface area contributed by atoms with E-state index in [-0.39, 0.29) is 11.5 Å². The zero-order valence-electron chi connectivity index (χ0n) is 18.1. The normalized spacial score (nSPS) is 42.0. The number of aliphatic hydroxyl groups is 4. The maximum Gasteiger partial charge on any atom is 0.337 e. The van der Waals surface area contributed by atoms with Crippen LogP contribution in [0.25, 0.3) is 0 Å². The van der Waals surface area contributed by atoms with E-state index in [1.54, 1.807) is 0 Å². The molecule has 4 rings (SSSR count). The van der Waals surface area contributed by atoms with Crippen LogP contribution in [0.1, 0.15) is 12.8 Å². The van der Waals surface area contributed by atoms with Gasteiger partial charge in [0.1, 0.15) is 30.5 Å². The molecule has 4 N–H and O–H groups in total. The Hall–Kier alpha value is -2.22. The summed E-state index contributed by atoms with van der Waals surface area (Å²) in [6.07, 6.45) is -5.53. The van der Waals surface area contributed by atoms with Gasteiger partial charge >= 0.3 is 11.9 Å². The van der Waals surface area contributed by atoms with Gasteiger partial charge in [-0.05, 0) is 18.8 Å². The molecular formula is C21H28O12. The molecule has 12 heteroatoms. The number of methoxy groups -OCH3 is 2. The zero-order valence-corrected chi connectivity index (χ0v) is 18.1. The number of fused-ring (bicyclic) bond motifs is 4. The molecule has 0 aromatic heterocycles. The van der Waals surface area contributed by atoms with Gasteiger partial charge in [0.05, 0.1) is 50.4 Å². The molecule has 3 aliphatic heterocycles. The summed E-state index contributed by atoms with van der Waals surface area (Å²) >= 11 is 0. The molecule has 10 unspecified atom stereocenters. The summed E-state index contributed by atoms with van der Waals surface area (Å²) in [4.78, 5) is 24.6. The fourth-order valence-corrected chi connectivity index (χ4v) is 5.02. The topological polar surface area (TPSA) is 170 Å². The van der Waals surface area contributed by atoms with Crippen molar-refractivity contribution in [2.45, 2.75) is 55.9 Å². The lowest BCUT2D eigenvalue weighted by atomic mass is 9.65. The van der Waals surface area contributed by atoms with Crippen molar-refractivity contribution in [3.8, 4) is 0 Å². The standard InChI is InChI=1S/C21H28O12/c1-28-18(26)10-6-30-12-4-8(10)3-9-11(19(27)29-2)7-31-20(14(9)12)33-21-17(25)16(24)15(23)13(5-22)32-21/h6-9,12-17,20-25H,3-5H2,1-2H3. The van der Waals surface area contributed by atoms with Crippen LogP contribution >= 0.6 is 0 Å². The second kappa shape index (κ2) is 9.57. The van der Waals surface area contributed by atoms with Gasteiger partial charge in [-0.1, -0.05) is 0 Å². The number of carbonyl (C=O) groups is 2. The van der Waals surface area contributed by atoms with Crippen LogP contribution in [0.3, 0.4) is 0 Å². The molecule has 0 aromatic rings. The molecule has 2 fully saturated rings. The number of rotatable bonds is 5. The maximum atomic E-state index is 12.4. The number of hydrogen-bond donors (Lipinski definition) is 4. The van der Waals surface area contributed by atoms with Gasteiger partial charge in [0, 0.05) is 5.92 Å². The van der Waals surface area contributed by atoms with E-state index in [9.17, 15) is 30.0 Å². The minimum Gasteiger partial charge on any atom is -0.497 e. The Morgan fingerprint density at radius 1 is 0.939 bits per heavy atom. The average Bonchev–Trinajstić information content (AvgIpc) is 2.83. The average molecular weight is 472 g/mol. The first-order valence-corrected chi connectivity index (χ1v) is 10.6. The lowest BCUT2D eigenvalue weighted by Gasteiger charge is -2.49. The van der Waals surface area contributed by atoms with Crippen LogP contribution in [0.15, 0.2) is 23.7 Å². The molecule has 2 bridgehead atoms. The van der Waals surface area contributed by atoms with Crippen molar-refractivity contribution < 1.29 is 58.4 Å². The Labute approximate surface area is 189 Å².